The van der Waals surface area contributed by atoms with E-state index in [-0.39, 0.29) is 23.1 Å². The maximum atomic E-state index is 13.5. The quantitative estimate of drug-likeness (QED) is 0.848. The van der Waals surface area contributed by atoms with Gasteiger partial charge in [0.1, 0.15) is 17.1 Å². The number of phenols is 1. The second kappa shape index (κ2) is 3.92. The lowest BCUT2D eigenvalue weighted by atomic mass is 10.2. The van der Waals surface area contributed by atoms with Crippen molar-refractivity contribution < 1.29 is 14.0 Å². The van der Waals surface area contributed by atoms with Gasteiger partial charge in [0.25, 0.3) is 5.89 Å². The van der Waals surface area contributed by atoms with Gasteiger partial charge in [-0.1, -0.05) is 25.1 Å². The highest BCUT2D eigenvalue weighted by Gasteiger charge is 2.18. The summed E-state index contributed by atoms with van der Waals surface area (Å²) in [6.45, 7) is 3.80. The number of nitrogens with zero attached hydrogens (tertiary/aromatic N) is 2. The van der Waals surface area contributed by atoms with Crippen molar-refractivity contribution in [3.05, 3.63) is 29.8 Å². The molecule has 84 valence electrons. The van der Waals surface area contributed by atoms with Gasteiger partial charge in [-0.05, 0) is 12.1 Å². The molecule has 0 amide bonds. The fraction of sp³-hybridized carbons (Fsp3) is 0.273. The van der Waals surface area contributed by atoms with Gasteiger partial charge in [0.2, 0.25) is 0 Å². The van der Waals surface area contributed by atoms with E-state index in [0.29, 0.717) is 5.82 Å². The summed E-state index contributed by atoms with van der Waals surface area (Å²) in [5, 5.41) is 13.2. The van der Waals surface area contributed by atoms with Crippen molar-refractivity contribution in [2.24, 2.45) is 0 Å². The lowest BCUT2D eigenvalue weighted by Crippen LogP contribution is -1.90. The fourth-order valence-electron chi connectivity index (χ4n) is 1.30. The van der Waals surface area contributed by atoms with Gasteiger partial charge >= 0.3 is 0 Å². The van der Waals surface area contributed by atoms with Crippen LogP contribution in [0.1, 0.15) is 25.6 Å². The molecule has 1 heterocycles. The first kappa shape index (κ1) is 10.6. The molecule has 0 radical (unpaired) electrons. The molecular formula is C11H11FN2O2. The van der Waals surface area contributed by atoms with Gasteiger partial charge in [-0.2, -0.15) is 4.98 Å². The Morgan fingerprint density at radius 1 is 1.38 bits per heavy atom. The number of aromatic nitrogens is 2. The van der Waals surface area contributed by atoms with E-state index >= 15 is 0 Å². The molecule has 1 aromatic carbocycles. The normalized spacial score (nSPS) is 11.0. The van der Waals surface area contributed by atoms with Crippen LogP contribution >= 0.6 is 0 Å². The highest BCUT2D eigenvalue weighted by molar-refractivity contribution is 5.62. The Kier molecular flexibility index (Phi) is 2.60. The van der Waals surface area contributed by atoms with Crippen molar-refractivity contribution in [2.75, 3.05) is 0 Å². The monoisotopic (exact) mass is 222 g/mol. The molecule has 0 unspecified atom stereocenters. The number of benzene rings is 1. The number of rotatable bonds is 2. The molecule has 0 aliphatic heterocycles. The SMILES string of the molecule is CC(C)c1noc(-c2c(O)cccc2F)n1. The van der Waals surface area contributed by atoms with Crippen molar-refractivity contribution >= 4 is 0 Å². The lowest BCUT2D eigenvalue weighted by molar-refractivity contribution is 0.411. The van der Waals surface area contributed by atoms with E-state index < -0.39 is 5.82 Å². The average Bonchev–Trinajstić information content (AvgIpc) is 2.66. The minimum absolute atomic E-state index is 0.000648. The molecule has 2 aromatic rings. The van der Waals surface area contributed by atoms with Gasteiger partial charge in [-0.3, -0.25) is 0 Å². The van der Waals surface area contributed by atoms with E-state index in [4.69, 9.17) is 4.52 Å². The number of aromatic hydroxyl groups is 1. The highest BCUT2D eigenvalue weighted by atomic mass is 19.1. The average molecular weight is 222 g/mol. The minimum Gasteiger partial charge on any atom is -0.507 e. The van der Waals surface area contributed by atoms with Crippen LogP contribution in [-0.4, -0.2) is 15.2 Å². The number of halogens is 1. The van der Waals surface area contributed by atoms with E-state index in [1.807, 2.05) is 13.8 Å². The van der Waals surface area contributed by atoms with Crippen LogP contribution in [0.2, 0.25) is 0 Å². The molecule has 4 nitrogen and oxygen atoms in total. The summed E-state index contributed by atoms with van der Waals surface area (Å²) in [5.41, 5.74) is -0.0538. The molecule has 1 aromatic heterocycles. The summed E-state index contributed by atoms with van der Waals surface area (Å²) in [4.78, 5) is 4.02. The van der Waals surface area contributed by atoms with Gasteiger partial charge in [-0.15, -0.1) is 0 Å². The van der Waals surface area contributed by atoms with Gasteiger partial charge in [0.15, 0.2) is 5.82 Å². The number of phenolic OH excluding ortho intramolecular Hbond substituents is 1. The molecule has 0 saturated carbocycles. The molecule has 0 saturated heterocycles. The second-order valence-electron chi connectivity index (χ2n) is 3.75. The van der Waals surface area contributed by atoms with Gasteiger partial charge in [-0.25, -0.2) is 4.39 Å². The van der Waals surface area contributed by atoms with Crippen LogP contribution in [0.15, 0.2) is 22.7 Å². The zero-order valence-corrected chi connectivity index (χ0v) is 8.94. The van der Waals surface area contributed by atoms with Crippen molar-refractivity contribution in [2.45, 2.75) is 19.8 Å². The summed E-state index contributed by atoms with van der Waals surface area (Å²) in [7, 11) is 0. The first-order valence-electron chi connectivity index (χ1n) is 4.91. The van der Waals surface area contributed by atoms with Crippen molar-refractivity contribution in [1.82, 2.24) is 10.1 Å². The van der Waals surface area contributed by atoms with Crippen molar-refractivity contribution in [1.29, 1.82) is 0 Å². The number of hydrogen-bond acceptors (Lipinski definition) is 4. The lowest BCUT2D eigenvalue weighted by Gasteiger charge is -1.99. The third-order valence-electron chi connectivity index (χ3n) is 2.16. The first-order valence-corrected chi connectivity index (χ1v) is 4.91. The Bertz CT molecular complexity index is 488. The maximum Gasteiger partial charge on any atom is 0.264 e. The van der Waals surface area contributed by atoms with Crippen LogP contribution in [0.4, 0.5) is 4.39 Å². The topological polar surface area (TPSA) is 59.2 Å². The molecule has 16 heavy (non-hydrogen) atoms. The Morgan fingerprint density at radius 3 is 2.69 bits per heavy atom. The second-order valence-corrected chi connectivity index (χ2v) is 3.75. The molecule has 2 rings (SSSR count). The zero-order valence-electron chi connectivity index (χ0n) is 8.94. The Labute approximate surface area is 91.7 Å². The molecular weight excluding hydrogens is 211 g/mol. The van der Waals surface area contributed by atoms with Crippen LogP contribution in [0.25, 0.3) is 11.5 Å². The standard InChI is InChI=1S/C11H11FN2O2/c1-6(2)10-13-11(16-14-10)9-7(12)4-3-5-8(9)15/h3-6,15H,1-2H3. The first-order chi connectivity index (χ1) is 7.59. The van der Waals surface area contributed by atoms with Crippen LogP contribution < -0.4 is 0 Å². The predicted molar refractivity (Wildman–Crippen MR) is 55.4 cm³/mol. The molecule has 0 aliphatic rings. The summed E-state index contributed by atoms with van der Waals surface area (Å²) < 4.78 is 18.4. The smallest absolute Gasteiger partial charge is 0.264 e. The third kappa shape index (κ3) is 1.76. The third-order valence-corrected chi connectivity index (χ3v) is 2.16. The zero-order chi connectivity index (χ0) is 11.7. The molecule has 0 spiro atoms. The molecule has 0 aliphatic carbocycles. The van der Waals surface area contributed by atoms with Crippen LogP contribution in [-0.2, 0) is 0 Å². The molecule has 1 N–H and O–H groups in total. The van der Waals surface area contributed by atoms with E-state index in [0.717, 1.165) is 0 Å². The summed E-state index contributed by atoms with van der Waals surface area (Å²) in [5.74, 6) is -0.221. The van der Waals surface area contributed by atoms with Gasteiger partial charge < -0.3 is 9.63 Å². The van der Waals surface area contributed by atoms with Crippen molar-refractivity contribution in [3.63, 3.8) is 0 Å². The van der Waals surface area contributed by atoms with Gasteiger partial charge in [0.05, 0.1) is 0 Å². The van der Waals surface area contributed by atoms with Crippen LogP contribution in [0, 0.1) is 5.82 Å². The molecule has 0 atom stereocenters. The largest absolute Gasteiger partial charge is 0.507 e. The molecule has 5 heteroatoms. The van der Waals surface area contributed by atoms with E-state index in [1.165, 1.54) is 18.2 Å². The summed E-state index contributed by atoms with van der Waals surface area (Å²) in [6.07, 6.45) is 0. The highest BCUT2D eigenvalue weighted by Crippen LogP contribution is 2.30. The summed E-state index contributed by atoms with van der Waals surface area (Å²) in [6, 6.07) is 4.01. The van der Waals surface area contributed by atoms with Crippen LogP contribution in [0.5, 0.6) is 5.75 Å². The molecule has 0 fully saturated rings. The van der Waals surface area contributed by atoms with Crippen LogP contribution in [0.3, 0.4) is 0 Å². The maximum absolute atomic E-state index is 13.5. The Morgan fingerprint density at radius 2 is 2.12 bits per heavy atom. The van der Waals surface area contributed by atoms with E-state index in [1.54, 1.807) is 0 Å². The van der Waals surface area contributed by atoms with Gasteiger partial charge in [0, 0.05) is 5.92 Å². The Balaban J connectivity index is 2.50. The van der Waals surface area contributed by atoms with Crippen molar-refractivity contribution in [3.8, 4) is 17.2 Å². The van der Waals surface area contributed by atoms with E-state index in [2.05, 4.69) is 10.1 Å². The van der Waals surface area contributed by atoms with E-state index in [9.17, 15) is 9.50 Å². The Hall–Kier alpha value is -1.91. The molecule has 0 bridgehead atoms. The summed E-state index contributed by atoms with van der Waals surface area (Å²) >= 11 is 0. The predicted octanol–water partition coefficient (Wildman–Crippen LogP) is 2.70. The fourth-order valence-corrected chi connectivity index (χ4v) is 1.30. The number of hydrogen-bond donors (Lipinski definition) is 1. The minimum atomic E-state index is -0.584.